The summed E-state index contributed by atoms with van der Waals surface area (Å²) in [4.78, 5) is 28.4. The number of rotatable bonds is 8. The van der Waals surface area contributed by atoms with Crippen molar-refractivity contribution in [2.75, 3.05) is 24.7 Å². The van der Waals surface area contributed by atoms with Gasteiger partial charge in [-0.15, -0.1) is 10.2 Å². The number of nitrogens with zero attached hydrogens (tertiary/aromatic N) is 3. The Morgan fingerprint density at radius 2 is 1.79 bits per heavy atom. The van der Waals surface area contributed by atoms with Gasteiger partial charge in [-0.3, -0.25) is 14.5 Å². The second-order valence-corrected chi connectivity index (χ2v) is 11.9. The molecule has 3 aromatic carbocycles. The van der Waals surface area contributed by atoms with E-state index < -0.39 is 17.7 Å². The third-order valence-electron chi connectivity index (χ3n) is 6.64. The molecule has 1 amide bonds. The Bertz CT molecular complexity index is 1670. The topological polar surface area (TPSA) is 111 Å². The van der Waals surface area contributed by atoms with Crippen molar-refractivity contribution in [3.8, 4) is 17.2 Å². The largest absolute Gasteiger partial charge is 0.507 e. The molecule has 4 aromatic rings. The maximum absolute atomic E-state index is 13.5. The molecule has 12 heteroatoms. The van der Waals surface area contributed by atoms with Crippen molar-refractivity contribution in [1.29, 1.82) is 0 Å². The van der Waals surface area contributed by atoms with E-state index in [0.29, 0.717) is 63.3 Å². The van der Waals surface area contributed by atoms with Gasteiger partial charge in [0.25, 0.3) is 5.78 Å². The van der Waals surface area contributed by atoms with Gasteiger partial charge in [-0.25, -0.2) is 0 Å². The number of aliphatic hydroxyl groups is 1. The van der Waals surface area contributed by atoms with E-state index in [9.17, 15) is 14.7 Å². The number of anilines is 1. The Hall–Kier alpha value is -4.06. The van der Waals surface area contributed by atoms with E-state index in [4.69, 9.17) is 25.8 Å². The number of amides is 1. The van der Waals surface area contributed by atoms with E-state index in [1.807, 2.05) is 31.2 Å². The van der Waals surface area contributed by atoms with E-state index in [1.165, 1.54) is 28.0 Å². The lowest BCUT2D eigenvalue weighted by molar-refractivity contribution is -0.132. The summed E-state index contributed by atoms with van der Waals surface area (Å²) in [5.41, 5.74) is 1.91. The molecule has 1 aromatic heterocycles. The van der Waals surface area contributed by atoms with Crippen molar-refractivity contribution < 1.29 is 28.9 Å². The van der Waals surface area contributed by atoms with Gasteiger partial charge in [0.2, 0.25) is 5.13 Å². The predicted molar refractivity (Wildman–Crippen MR) is 161 cm³/mol. The first-order chi connectivity index (χ1) is 20.4. The van der Waals surface area contributed by atoms with Crippen LogP contribution in [-0.4, -0.2) is 46.8 Å². The molecule has 1 N–H and O–H groups in total. The second-order valence-electron chi connectivity index (χ2n) is 9.30. The molecular formula is C30H24ClN3O6S2. The zero-order chi connectivity index (χ0) is 29.2. The van der Waals surface area contributed by atoms with Crippen LogP contribution in [0, 0.1) is 0 Å². The Balaban J connectivity index is 1.38. The number of Topliss-reactive ketones (excluding diaryl/α,β-unsaturated/α-hetero) is 1. The summed E-state index contributed by atoms with van der Waals surface area (Å²) >= 11 is 8.65. The normalized spacial score (nSPS) is 17.5. The lowest BCUT2D eigenvalue weighted by Gasteiger charge is -2.23. The van der Waals surface area contributed by atoms with Gasteiger partial charge in [-0.05, 0) is 60.5 Å². The molecule has 0 radical (unpaired) electrons. The van der Waals surface area contributed by atoms with Gasteiger partial charge in [-0.1, -0.05) is 59.0 Å². The highest BCUT2D eigenvalue weighted by Gasteiger charge is 2.48. The van der Waals surface area contributed by atoms with Crippen LogP contribution in [0.4, 0.5) is 5.13 Å². The summed E-state index contributed by atoms with van der Waals surface area (Å²) in [6, 6.07) is 18.5. The van der Waals surface area contributed by atoms with E-state index in [-0.39, 0.29) is 16.5 Å². The summed E-state index contributed by atoms with van der Waals surface area (Å²) in [5.74, 6) is 0.292. The highest BCUT2D eigenvalue weighted by molar-refractivity contribution is 8.00. The minimum Gasteiger partial charge on any atom is -0.507 e. The minimum absolute atomic E-state index is 0.0635. The van der Waals surface area contributed by atoms with E-state index in [0.717, 1.165) is 5.56 Å². The fourth-order valence-corrected chi connectivity index (χ4v) is 6.64. The molecule has 214 valence electrons. The predicted octanol–water partition coefficient (Wildman–Crippen LogP) is 6.28. The van der Waals surface area contributed by atoms with E-state index in [2.05, 4.69) is 10.2 Å². The fourth-order valence-electron chi connectivity index (χ4n) is 4.69. The molecule has 42 heavy (non-hydrogen) atoms. The average Bonchev–Trinajstić information content (AvgIpc) is 3.58. The van der Waals surface area contributed by atoms with Crippen LogP contribution in [-0.2, 0) is 15.3 Å². The molecule has 9 nitrogen and oxygen atoms in total. The summed E-state index contributed by atoms with van der Waals surface area (Å²) < 4.78 is 17.5. The molecule has 0 aliphatic carbocycles. The van der Waals surface area contributed by atoms with Crippen LogP contribution in [0.5, 0.6) is 17.2 Å². The number of hydrogen-bond donors (Lipinski definition) is 1. The number of aromatic nitrogens is 2. The Morgan fingerprint density at radius 1 is 1.05 bits per heavy atom. The van der Waals surface area contributed by atoms with Crippen LogP contribution in [0.25, 0.3) is 5.76 Å². The maximum Gasteiger partial charge on any atom is 0.301 e. The number of carbonyl (C=O) groups is 2. The van der Waals surface area contributed by atoms with Crippen molar-refractivity contribution in [2.24, 2.45) is 0 Å². The average molecular weight is 622 g/mol. The third-order valence-corrected chi connectivity index (χ3v) is 9.02. The Kier molecular flexibility index (Phi) is 8.05. The number of carbonyl (C=O) groups excluding carboxylic acids is 2. The molecular weight excluding hydrogens is 598 g/mol. The van der Waals surface area contributed by atoms with E-state index >= 15 is 0 Å². The van der Waals surface area contributed by atoms with Gasteiger partial charge >= 0.3 is 5.91 Å². The molecule has 6 rings (SSSR count). The van der Waals surface area contributed by atoms with Crippen LogP contribution in [0.1, 0.15) is 29.7 Å². The zero-order valence-electron chi connectivity index (χ0n) is 22.3. The fraction of sp³-hybridized carbons (Fsp3) is 0.200. The number of ketones is 1. The number of halogens is 1. The molecule has 2 aliphatic heterocycles. The van der Waals surface area contributed by atoms with Crippen LogP contribution >= 0.6 is 34.7 Å². The highest BCUT2D eigenvalue weighted by atomic mass is 35.5. The first kappa shape index (κ1) is 28.1. The first-order valence-electron chi connectivity index (χ1n) is 13.1. The number of hydrogen-bond acceptors (Lipinski definition) is 10. The smallest absolute Gasteiger partial charge is 0.301 e. The maximum atomic E-state index is 13.5. The SMILES string of the molecule is CCOc1ccc(C2/C(=C(\O)c3ccc4c(c3)OCCO4)C(=O)C(=O)N2c2nnc(SCc3ccc(Cl)cc3)s2)cc1. The second kappa shape index (κ2) is 12.0. The standard InChI is InChI=1S/C30H24ClN3O6S2/c1-2-38-21-10-5-18(6-11-21)25-24(26(35)19-7-12-22-23(15-19)40-14-13-39-22)27(36)28(37)34(25)29-32-33-30(42-29)41-16-17-3-8-20(31)9-4-17/h3-12,15,25,35H,2,13-14,16H2,1H3/b26-24+. The number of benzene rings is 3. The number of aliphatic hydroxyl groups excluding tert-OH is 1. The highest BCUT2D eigenvalue weighted by Crippen LogP contribution is 2.45. The van der Waals surface area contributed by atoms with E-state index in [1.54, 1.807) is 42.5 Å². The van der Waals surface area contributed by atoms with Crippen LogP contribution < -0.4 is 19.1 Å². The number of fused-ring (bicyclic) bond motifs is 1. The molecule has 0 bridgehead atoms. The molecule has 3 heterocycles. The summed E-state index contributed by atoms with van der Waals surface area (Å²) in [5, 5.41) is 20.9. The number of thioether (sulfide) groups is 1. The minimum atomic E-state index is -0.948. The van der Waals surface area contributed by atoms with Crippen molar-refractivity contribution in [2.45, 2.75) is 23.1 Å². The monoisotopic (exact) mass is 621 g/mol. The molecule has 1 fully saturated rings. The van der Waals surface area contributed by atoms with Crippen molar-refractivity contribution in [1.82, 2.24) is 10.2 Å². The summed E-state index contributed by atoms with van der Waals surface area (Å²) in [6.45, 7) is 3.16. The van der Waals surface area contributed by atoms with Crippen molar-refractivity contribution >= 4 is 57.3 Å². The Labute approximate surface area is 254 Å². The zero-order valence-corrected chi connectivity index (χ0v) is 24.7. The van der Waals surface area contributed by atoms with Crippen molar-refractivity contribution in [3.63, 3.8) is 0 Å². The van der Waals surface area contributed by atoms with Gasteiger partial charge in [0.05, 0.1) is 18.2 Å². The molecule has 1 unspecified atom stereocenters. The molecule has 2 aliphatic rings. The molecule has 0 spiro atoms. The van der Waals surface area contributed by atoms with Crippen LogP contribution in [0.15, 0.2) is 76.6 Å². The van der Waals surface area contributed by atoms with Gasteiger partial charge < -0.3 is 19.3 Å². The summed E-state index contributed by atoms with van der Waals surface area (Å²) in [7, 11) is 0. The van der Waals surface area contributed by atoms with Crippen LogP contribution in [0.2, 0.25) is 5.02 Å². The Morgan fingerprint density at radius 3 is 2.52 bits per heavy atom. The summed E-state index contributed by atoms with van der Waals surface area (Å²) in [6.07, 6.45) is 0. The van der Waals surface area contributed by atoms with Gasteiger partial charge in [0.15, 0.2) is 15.8 Å². The quantitative estimate of drug-likeness (QED) is 0.0799. The first-order valence-corrected chi connectivity index (χ1v) is 15.3. The molecule has 1 atom stereocenters. The van der Waals surface area contributed by atoms with Gasteiger partial charge in [0.1, 0.15) is 24.7 Å². The lowest BCUT2D eigenvalue weighted by atomic mass is 9.95. The number of ether oxygens (including phenoxy) is 3. The van der Waals surface area contributed by atoms with Gasteiger partial charge in [-0.2, -0.15) is 0 Å². The third kappa shape index (κ3) is 5.55. The molecule has 0 saturated carbocycles. The van der Waals surface area contributed by atoms with Crippen molar-refractivity contribution in [3.05, 3.63) is 94.0 Å². The van der Waals surface area contributed by atoms with Crippen LogP contribution in [0.3, 0.4) is 0 Å². The molecule has 1 saturated heterocycles. The van der Waals surface area contributed by atoms with Gasteiger partial charge in [0, 0.05) is 16.3 Å². The lowest BCUT2D eigenvalue weighted by Crippen LogP contribution is -2.29.